The fourth-order valence-corrected chi connectivity index (χ4v) is 3.25. The third kappa shape index (κ3) is 5.48. The first-order valence-electron chi connectivity index (χ1n) is 9.75. The molecule has 1 aliphatic rings. The molecule has 1 aliphatic heterocycles. The number of carboxylic acid groups (broad SMARTS) is 1. The van der Waals surface area contributed by atoms with Gasteiger partial charge in [-0.1, -0.05) is 6.92 Å². The summed E-state index contributed by atoms with van der Waals surface area (Å²) in [5.74, 6) is -1.80. The molecule has 11 heteroatoms. The lowest BCUT2D eigenvalue weighted by molar-refractivity contribution is -0.192. The summed E-state index contributed by atoms with van der Waals surface area (Å²) in [4.78, 5) is 25.1. The number of carbonyl (C=O) groups is 1. The molecule has 4 heterocycles. The number of anilines is 1. The number of alkyl halides is 3. The van der Waals surface area contributed by atoms with E-state index in [9.17, 15) is 13.2 Å². The van der Waals surface area contributed by atoms with Crippen LogP contribution in [-0.2, 0) is 11.2 Å². The summed E-state index contributed by atoms with van der Waals surface area (Å²) in [6.45, 7) is 8.13. The van der Waals surface area contributed by atoms with Gasteiger partial charge in [-0.25, -0.2) is 9.78 Å². The summed E-state index contributed by atoms with van der Waals surface area (Å²) in [6, 6.07) is 2.15. The van der Waals surface area contributed by atoms with Crippen LogP contribution in [-0.4, -0.2) is 62.8 Å². The summed E-state index contributed by atoms with van der Waals surface area (Å²) in [5.41, 5.74) is 5.27. The Labute approximate surface area is 176 Å². The van der Waals surface area contributed by atoms with E-state index >= 15 is 0 Å². The molecule has 0 bridgehead atoms. The quantitative estimate of drug-likeness (QED) is 0.652. The second kappa shape index (κ2) is 9.29. The summed E-state index contributed by atoms with van der Waals surface area (Å²) in [6.07, 6.45) is 3.76. The van der Waals surface area contributed by atoms with E-state index in [0.29, 0.717) is 0 Å². The van der Waals surface area contributed by atoms with Gasteiger partial charge in [-0.15, -0.1) is 0 Å². The Morgan fingerprint density at radius 2 is 1.87 bits per heavy atom. The van der Waals surface area contributed by atoms with Crippen LogP contribution in [0.5, 0.6) is 0 Å². The lowest BCUT2D eigenvalue weighted by atomic mass is 10.2. The summed E-state index contributed by atoms with van der Waals surface area (Å²) in [5, 5.41) is 10.5. The molecule has 1 saturated heterocycles. The fraction of sp³-hybridized carbons (Fsp3) is 0.400. The maximum Gasteiger partial charge on any atom is 0.490 e. The van der Waals surface area contributed by atoms with Gasteiger partial charge in [0.15, 0.2) is 0 Å². The summed E-state index contributed by atoms with van der Waals surface area (Å²) in [7, 11) is 0. The predicted octanol–water partition coefficient (Wildman–Crippen LogP) is 2.71. The van der Waals surface area contributed by atoms with Crippen molar-refractivity contribution >= 4 is 17.3 Å². The minimum atomic E-state index is -5.08. The van der Waals surface area contributed by atoms with Crippen molar-refractivity contribution in [2.24, 2.45) is 0 Å². The van der Waals surface area contributed by atoms with Gasteiger partial charge in [-0.05, 0) is 19.4 Å². The lowest BCUT2D eigenvalue weighted by Gasteiger charge is -2.27. The number of piperazine rings is 1. The summed E-state index contributed by atoms with van der Waals surface area (Å²) < 4.78 is 33.9. The molecule has 0 radical (unpaired) electrons. The Morgan fingerprint density at radius 1 is 1.19 bits per heavy atom. The predicted molar refractivity (Wildman–Crippen MR) is 109 cm³/mol. The number of hydrogen-bond acceptors (Lipinski definition) is 6. The first-order chi connectivity index (χ1) is 14.7. The van der Waals surface area contributed by atoms with Crippen LogP contribution in [0, 0.1) is 6.92 Å². The van der Waals surface area contributed by atoms with Gasteiger partial charge in [0.05, 0.1) is 35.0 Å². The molecule has 0 aliphatic carbocycles. The van der Waals surface area contributed by atoms with Crippen LogP contribution in [0.2, 0.25) is 0 Å². The van der Waals surface area contributed by atoms with Gasteiger partial charge in [0, 0.05) is 44.1 Å². The van der Waals surface area contributed by atoms with E-state index in [1.807, 2.05) is 19.3 Å². The Morgan fingerprint density at radius 3 is 2.42 bits per heavy atom. The number of aryl methyl sites for hydroxylation is 2. The van der Waals surface area contributed by atoms with E-state index in [-0.39, 0.29) is 0 Å². The van der Waals surface area contributed by atoms with E-state index in [1.54, 1.807) is 0 Å². The average Bonchev–Trinajstić information content (AvgIpc) is 3.17. The monoisotopic (exact) mass is 436 g/mol. The van der Waals surface area contributed by atoms with Crippen LogP contribution in [0.3, 0.4) is 0 Å². The second-order valence-corrected chi connectivity index (χ2v) is 7.00. The SMILES string of the molecule is CCc1nc(C)cn2cc(-c3cnc(N4CCNCC4)cn3)cc12.O=C(O)C(F)(F)F. The highest BCUT2D eigenvalue weighted by Crippen LogP contribution is 2.23. The van der Waals surface area contributed by atoms with Crippen LogP contribution in [0.4, 0.5) is 19.0 Å². The Hall–Kier alpha value is -3.21. The molecule has 0 saturated carbocycles. The minimum Gasteiger partial charge on any atom is -0.475 e. The molecule has 2 N–H and O–H groups in total. The molecule has 1 fully saturated rings. The maximum atomic E-state index is 10.6. The van der Waals surface area contributed by atoms with Crippen LogP contribution in [0.15, 0.2) is 30.9 Å². The largest absolute Gasteiger partial charge is 0.490 e. The van der Waals surface area contributed by atoms with Crippen molar-refractivity contribution in [2.75, 3.05) is 31.1 Å². The van der Waals surface area contributed by atoms with Crippen molar-refractivity contribution in [1.29, 1.82) is 0 Å². The van der Waals surface area contributed by atoms with Crippen LogP contribution >= 0.6 is 0 Å². The first kappa shape index (κ1) is 22.5. The van der Waals surface area contributed by atoms with Gasteiger partial charge < -0.3 is 19.7 Å². The summed E-state index contributed by atoms with van der Waals surface area (Å²) >= 11 is 0. The van der Waals surface area contributed by atoms with E-state index in [2.05, 4.69) is 55.0 Å². The van der Waals surface area contributed by atoms with Crippen molar-refractivity contribution in [3.8, 4) is 11.3 Å². The number of rotatable bonds is 3. The van der Waals surface area contributed by atoms with Gasteiger partial charge in [-0.2, -0.15) is 13.2 Å². The second-order valence-electron chi connectivity index (χ2n) is 7.00. The molecular weight excluding hydrogens is 413 g/mol. The normalized spacial score (nSPS) is 14.3. The zero-order chi connectivity index (χ0) is 22.6. The molecule has 3 aromatic rings. The highest BCUT2D eigenvalue weighted by Gasteiger charge is 2.38. The third-order valence-electron chi connectivity index (χ3n) is 4.73. The van der Waals surface area contributed by atoms with Crippen molar-refractivity contribution < 1.29 is 23.1 Å². The lowest BCUT2D eigenvalue weighted by Crippen LogP contribution is -2.43. The number of nitrogens with zero attached hydrogens (tertiary/aromatic N) is 5. The average molecular weight is 436 g/mol. The molecule has 0 spiro atoms. The Kier molecular flexibility index (Phi) is 6.74. The number of hydrogen-bond donors (Lipinski definition) is 2. The molecule has 0 amide bonds. The van der Waals surface area contributed by atoms with Gasteiger partial charge in [-0.3, -0.25) is 9.97 Å². The molecule has 166 valence electrons. The Balaban J connectivity index is 0.000000339. The van der Waals surface area contributed by atoms with Gasteiger partial charge >= 0.3 is 12.1 Å². The van der Waals surface area contributed by atoms with Crippen LogP contribution < -0.4 is 10.2 Å². The van der Waals surface area contributed by atoms with Gasteiger partial charge in [0.1, 0.15) is 5.82 Å². The number of nitrogens with one attached hydrogen (secondary N) is 1. The van der Waals surface area contributed by atoms with E-state index in [1.165, 1.54) is 0 Å². The number of halogens is 3. The molecule has 0 aromatic carbocycles. The molecular formula is C20H23F3N6O2. The van der Waals surface area contributed by atoms with Gasteiger partial charge in [0.25, 0.3) is 0 Å². The van der Waals surface area contributed by atoms with Crippen molar-refractivity contribution in [3.05, 3.63) is 42.2 Å². The minimum absolute atomic E-state index is 0.900. The topological polar surface area (TPSA) is 95.7 Å². The standard InChI is InChI=1S/C18H22N6.C2HF3O2/c1-3-15-17-8-14(12-24(17)11-13(2)22-15)16-9-21-18(10-20-16)23-6-4-19-5-7-23;3-2(4,5)1(6)7/h8-12,19H,3-7H2,1-2H3;(H,6,7). The zero-order valence-electron chi connectivity index (χ0n) is 17.1. The number of aromatic nitrogens is 4. The fourth-order valence-electron chi connectivity index (χ4n) is 3.25. The zero-order valence-corrected chi connectivity index (χ0v) is 17.1. The molecule has 4 rings (SSSR count). The van der Waals surface area contributed by atoms with Crippen molar-refractivity contribution in [3.63, 3.8) is 0 Å². The highest BCUT2D eigenvalue weighted by atomic mass is 19.4. The highest BCUT2D eigenvalue weighted by molar-refractivity contribution is 5.73. The number of aliphatic carboxylic acids is 1. The van der Waals surface area contributed by atoms with Crippen LogP contribution in [0.25, 0.3) is 16.8 Å². The molecule has 31 heavy (non-hydrogen) atoms. The number of fused-ring (bicyclic) bond motifs is 1. The molecule has 3 aromatic heterocycles. The van der Waals surface area contributed by atoms with E-state index in [4.69, 9.17) is 9.90 Å². The van der Waals surface area contributed by atoms with E-state index < -0.39 is 12.1 Å². The first-order valence-corrected chi connectivity index (χ1v) is 9.75. The maximum absolute atomic E-state index is 10.6. The third-order valence-corrected chi connectivity index (χ3v) is 4.73. The Bertz CT molecular complexity index is 1040. The van der Waals surface area contributed by atoms with Crippen LogP contribution in [0.1, 0.15) is 18.3 Å². The molecule has 0 unspecified atom stereocenters. The van der Waals surface area contributed by atoms with Gasteiger partial charge in [0.2, 0.25) is 0 Å². The van der Waals surface area contributed by atoms with Crippen molar-refractivity contribution in [2.45, 2.75) is 26.4 Å². The van der Waals surface area contributed by atoms with Crippen molar-refractivity contribution in [1.82, 2.24) is 24.7 Å². The van der Waals surface area contributed by atoms with E-state index in [0.717, 1.165) is 66.6 Å². The smallest absolute Gasteiger partial charge is 0.475 e. The number of carboxylic acids is 1. The molecule has 0 atom stereocenters. The molecule has 8 nitrogen and oxygen atoms in total.